The van der Waals surface area contributed by atoms with Crippen molar-refractivity contribution < 1.29 is 4.74 Å². The quantitative estimate of drug-likeness (QED) is 0.869. The van der Waals surface area contributed by atoms with Gasteiger partial charge >= 0.3 is 0 Å². The van der Waals surface area contributed by atoms with Crippen LogP contribution in [-0.4, -0.2) is 7.11 Å². The summed E-state index contributed by atoms with van der Waals surface area (Å²) in [6, 6.07) is 15.1. The maximum absolute atomic E-state index is 5.43. The fraction of sp³-hybridized carbons (Fsp3) is 0.250. The van der Waals surface area contributed by atoms with E-state index in [1.165, 1.54) is 22.3 Å². The second-order valence-electron chi connectivity index (χ2n) is 4.70. The Morgan fingerprint density at radius 2 is 1.83 bits per heavy atom. The summed E-state index contributed by atoms with van der Waals surface area (Å²) < 4.78 is 5.43. The number of aryl methyl sites for hydroxylation is 1. The van der Waals surface area contributed by atoms with Crippen molar-refractivity contribution in [3.05, 3.63) is 64.7 Å². The number of hydrogen-bond acceptors (Lipinski definition) is 2. The van der Waals surface area contributed by atoms with Gasteiger partial charge in [0.25, 0.3) is 0 Å². The Morgan fingerprint density at radius 1 is 1.06 bits per heavy atom. The summed E-state index contributed by atoms with van der Waals surface area (Å²) in [6.07, 6.45) is 0. The third-order valence-electron chi connectivity index (χ3n) is 3.68. The predicted molar refractivity (Wildman–Crippen MR) is 72.9 cm³/mol. The van der Waals surface area contributed by atoms with Crippen LogP contribution in [0, 0.1) is 6.92 Å². The molecule has 0 saturated heterocycles. The lowest BCUT2D eigenvalue weighted by Crippen LogP contribution is -2.14. The van der Waals surface area contributed by atoms with Crippen molar-refractivity contribution in [1.82, 2.24) is 5.32 Å². The number of benzene rings is 2. The van der Waals surface area contributed by atoms with E-state index < -0.39 is 0 Å². The Bertz CT molecular complexity index is 577. The molecule has 1 unspecified atom stereocenters. The smallest absolute Gasteiger partial charge is 0.123 e. The minimum absolute atomic E-state index is 0.288. The van der Waals surface area contributed by atoms with Crippen LogP contribution in [-0.2, 0) is 6.54 Å². The molecule has 2 heteroatoms. The molecule has 0 spiro atoms. The van der Waals surface area contributed by atoms with Crippen molar-refractivity contribution in [2.75, 3.05) is 7.11 Å². The number of methoxy groups -OCH3 is 1. The summed E-state index contributed by atoms with van der Waals surface area (Å²) >= 11 is 0. The van der Waals surface area contributed by atoms with Gasteiger partial charge in [-0.25, -0.2) is 0 Å². The van der Waals surface area contributed by atoms with Crippen LogP contribution in [0.3, 0.4) is 0 Å². The van der Waals surface area contributed by atoms with Gasteiger partial charge in [-0.1, -0.05) is 36.4 Å². The molecular weight excluding hydrogens is 222 g/mol. The number of hydrogen-bond donors (Lipinski definition) is 1. The van der Waals surface area contributed by atoms with Crippen molar-refractivity contribution >= 4 is 0 Å². The van der Waals surface area contributed by atoms with Gasteiger partial charge in [0, 0.05) is 12.1 Å². The molecule has 1 N–H and O–H groups in total. The van der Waals surface area contributed by atoms with Crippen molar-refractivity contribution in [2.45, 2.75) is 19.5 Å². The highest BCUT2D eigenvalue weighted by atomic mass is 16.5. The lowest BCUT2D eigenvalue weighted by atomic mass is 9.95. The second kappa shape index (κ2) is 4.46. The fourth-order valence-electron chi connectivity index (χ4n) is 2.74. The molecule has 0 aromatic heterocycles. The van der Waals surface area contributed by atoms with Gasteiger partial charge in [0.2, 0.25) is 0 Å². The Balaban J connectivity index is 2.08. The van der Waals surface area contributed by atoms with Crippen molar-refractivity contribution in [3.8, 4) is 5.75 Å². The molecule has 2 aromatic carbocycles. The van der Waals surface area contributed by atoms with E-state index in [1.54, 1.807) is 7.11 Å². The van der Waals surface area contributed by atoms with Crippen LogP contribution in [0.25, 0.3) is 0 Å². The average molecular weight is 239 g/mol. The van der Waals surface area contributed by atoms with Gasteiger partial charge in [-0.3, -0.25) is 0 Å². The van der Waals surface area contributed by atoms with Crippen LogP contribution in [0.2, 0.25) is 0 Å². The Morgan fingerprint density at radius 3 is 2.61 bits per heavy atom. The highest BCUT2D eigenvalue weighted by molar-refractivity contribution is 5.49. The van der Waals surface area contributed by atoms with Crippen LogP contribution in [0.15, 0.2) is 42.5 Å². The maximum Gasteiger partial charge on any atom is 0.123 e. The molecule has 0 bridgehead atoms. The van der Waals surface area contributed by atoms with Crippen LogP contribution < -0.4 is 10.1 Å². The van der Waals surface area contributed by atoms with Gasteiger partial charge in [0.1, 0.15) is 5.75 Å². The van der Waals surface area contributed by atoms with E-state index in [1.807, 2.05) is 6.07 Å². The molecule has 3 rings (SSSR count). The normalized spacial score (nSPS) is 17.6. The minimum Gasteiger partial charge on any atom is -0.496 e. The molecule has 1 heterocycles. The molecule has 2 aromatic rings. The first-order valence-corrected chi connectivity index (χ1v) is 6.26. The predicted octanol–water partition coefficient (Wildman–Crippen LogP) is 3.20. The SMILES string of the molecule is COc1cccc2c1CNC2c1ccccc1C. The number of nitrogens with one attached hydrogen (secondary N) is 1. The van der Waals surface area contributed by atoms with Gasteiger partial charge in [0.15, 0.2) is 0 Å². The first-order valence-electron chi connectivity index (χ1n) is 6.26. The Labute approximate surface area is 108 Å². The lowest BCUT2D eigenvalue weighted by Gasteiger charge is -2.15. The largest absolute Gasteiger partial charge is 0.496 e. The summed E-state index contributed by atoms with van der Waals surface area (Å²) in [4.78, 5) is 0. The van der Waals surface area contributed by atoms with Crippen LogP contribution in [0.4, 0.5) is 0 Å². The van der Waals surface area contributed by atoms with E-state index in [-0.39, 0.29) is 6.04 Å². The molecule has 0 radical (unpaired) electrons. The molecule has 1 aliphatic heterocycles. The van der Waals surface area contributed by atoms with E-state index in [0.717, 1.165) is 12.3 Å². The van der Waals surface area contributed by atoms with E-state index in [2.05, 4.69) is 48.6 Å². The van der Waals surface area contributed by atoms with E-state index >= 15 is 0 Å². The summed E-state index contributed by atoms with van der Waals surface area (Å²) in [5, 5.41) is 3.57. The van der Waals surface area contributed by atoms with Crippen LogP contribution in [0.1, 0.15) is 28.3 Å². The topological polar surface area (TPSA) is 21.3 Å². The molecular formula is C16H17NO. The van der Waals surface area contributed by atoms with Gasteiger partial charge < -0.3 is 10.1 Å². The standard InChI is InChI=1S/C16H17NO/c1-11-6-3-4-7-12(11)16-13-8-5-9-15(18-2)14(13)10-17-16/h3-9,16-17H,10H2,1-2H3. The van der Waals surface area contributed by atoms with Gasteiger partial charge in [0.05, 0.1) is 13.2 Å². The summed E-state index contributed by atoms with van der Waals surface area (Å²) in [5.41, 5.74) is 5.30. The maximum atomic E-state index is 5.43. The Kier molecular flexibility index (Phi) is 2.80. The number of rotatable bonds is 2. The molecule has 0 fully saturated rings. The summed E-state index contributed by atoms with van der Waals surface area (Å²) in [5.74, 6) is 0.982. The van der Waals surface area contributed by atoms with Crippen LogP contribution in [0.5, 0.6) is 5.75 Å². The second-order valence-corrected chi connectivity index (χ2v) is 4.70. The van der Waals surface area contributed by atoms with Crippen molar-refractivity contribution in [3.63, 3.8) is 0 Å². The molecule has 92 valence electrons. The van der Waals surface area contributed by atoms with Gasteiger partial charge in [-0.2, -0.15) is 0 Å². The third kappa shape index (κ3) is 1.70. The first-order chi connectivity index (χ1) is 8.81. The van der Waals surface area contributed by atoms with Gasteiger partial charge in [-0.15, -0.1) is 0 Å². The highest BCUT2D eigenvalue weighted by Gasteiger charge is 2.26. The fourth-order valence-corrected chi connectivity index (χ4v) is 2.74. The minimum atomic E-state index is 0.288. The van der Waals surface area contributed by atoms with Crippen molar-refractivity contribution in [1.29, 1.82) is 0 Å². The molecule has 2 nitrogen and oxygen atoms in total. The van der Waals surface area contributed by atoms with E-state index in [4.69, 9.17) is 4.74 Å². The molecule has 1 atom stereocenters. The summed E-state index contributed by atoms with van der Waals surface area (Å²) in [6.45, 7) is 3.04. The molecule has 0 amide bonds. The van der Waals surface area contributed by atoms with Crippen LogP contribution >= 0.6 is 0 Å². The molecule has 0 saturated carbocycles. The van der Waals surface area contributed by atoms with Gasteiger partial charge in [-0.05, 0) is 29.7 Å². The van der Waals surface area contributed by atoms with E-state index in [9.17, 15) is 0 Å². The monoisotopic (exact) mass is 239 g/mol. The average Bonchev–Trinajstić information content (AvgIpc) is 2.83. The Hall–Kier alpha value is -1.80. The van der Waals surface area contributed by atoms with E-state index in [0.29, 0.717) is 0 Å². The lowest BCUT2D eigenvalue weighted by molar-refractivity contribution is 0.410. The highest BCUT2D eigenvalue weighted by Crippen LogP contribution is 2.36. The zero-order valence-corrected chi connectivity index (χ0v) is 10.7. The zero-order chi connectivity index (χ0) is 12.5. The number of ether oxygens (including phenoxy) is 1. The molecule has 1 aliphatic rings. The summed E-state index contributed by atoms with van der Waals surface area (Å²) in [7, 11) is 1.73. The zero-order valence-electron chi connectivity index (χ0n) is 10.7. The molecule has 0 aliphatic carbocycles. The third-order valence-corrected chi connectivity index (χ3v) is 3.68. The van der Waals surface area contributed by atoms with Crippen molar-refractivity contribution in [2.24, 2.45) is 0 Å². The first kappa shape index (κ1) is 11.3. The number of fused-ring (bicyclic) bond motifs is 1. The molecule has 18 heavy (non-hydrogen) atoms.